The van der Waals surface area contributed by atoms with Crippen LogP contribution in [-0.4, -0.2) is 32.7 Å². The summed E-state index contributed by atoms with van der Waals surface area (Å²) in [4.78, 5) is 12.2. The number of carbonyl (C=O) groups excluding carboxylic acids is 1. The maximum Gasteiger partial charge on any atom is 0.237 e. The summed E-state index contributed by atoms with van der Waals surface area (Å²) in [5.74, 6) is 1.10. The molecule has 1 amide bonds. The summed E-state index contributed by atoms with van der Waals surface area (Å²) in [5, 5.41) is 3.90. The third kappa shape index (κ3) is 5.53. The molecule has 0 heterocycles. The van der Waals surface area contributed by atoms with Crippen LogP contribution in [0.2, 0.25) is 10.0 Å². The number of hydrogen-bond donors (Lipinski definition) is 2. The second kappa shape index (κ2) is 9.67. The van der Waals surface area contributed by atoms with Crippen LogP contribution >= 0.6 is 23.2 Å². The lowest BCUT2D eigenvalue weighted by atomic mass is 10.1. The van der Waals surface area contributed by atoms with Gasteiger partial charge in [-0.1, -0.05) is 35.3 Å². The highest BCUT2D eigenvalue weighted by Crippen LogP contribution is 2.27. The molecule has 0 aliphatic rings. The molecule has 0 unspecified atom stereocenters. The fraction of sp³-hybridized carbons (Fsp3) is 0.316. The van der Waals surface area contributed by atoms with E-state index in [1.54, 1.807) is 32.4 Å². The molecule has 2 rings (SSSR count). The Balaban J connectivity index is 1.86. The first kappa shape index (κ1) is 20.4. The quantitative estimate of drug-likeness (QED) is 0.717. The van der Waals surface area contributed by atoms with E-state index in [4.69, 9.17) is 38.4 Å². The average molecular weight is 397 g/mol. The van der Waals surface area contributed by atoms with E-state index < -0.39 is 6.04 Å². The summed E-state index contributed by atoms with van der Waals surface area (Å²) in [6, 6.07) is 10.1. The molecule has 0 spiro atoms. The van der Waals surface area contributed by atoms with E-state index in [1.807, 2.05) is 18.2 Å². The van der Waals surface area contributed by atoms with Crippen molar-refractivity contribution in [3.05, 3.63) is 57.6 Å². The van der Waals surface area contributed by atoms with E-state index in [1.165, 1.54) is 0 Å². The smallest absolute Gasteiger partial charge is 0.237 e. The highest BCUT2D eigenvalue weighted by atomic mass is 35.5. The third-order valence-electron chi connectivity index (χ3n) is 3.95. The first-order chi connectivity index (χ1) is 12.4. The van der Waals surface area contributed by atoms with Crippen LogP contribution in [-0.2, 0) is 17.6 Å². The number of methoxy groups -OCH3 is 2. The number of hydrogen-bond acceptors (Lipinski definition) is 4. The maximum atomic E-state index is 12.2. The van der Waals surface area contributed by atoms with Gasteiger partial charge in [0.25, 0.3) is 0 Å². The summed E-state index contributed by atoms with van der Waals surface area (Å²) in [6.07, 6.45) is 0.999. The number of halogens is 2. The minimum atomic E-state index is -0.681. The molecule has 0 saturated carbocycles. The van der Waals surface area contributed by atoms with Gasteiger partial charge in [-0.2, -0.15) is 0 Å². The van der Waals surface area contributed by atoms with Crippen LogP contribution in [0.5, 0.6) is 11.5 Å². The van der Waals surface area contributed by atoms with Gasteiger partial charge in [0.15, 0.2) is 11.5 Å². The normalized spacial score (nSPS) is 11.7. The standard InChI is InChI=1S/C19H22Cl2N2O3/c1-25-17-6-3-12(9-18(17)26-2)7-8-23-19(24)16(22)10-13-4-5-14(20)11-15(13)21/h3-6,9,11,16H,7-8,10,22H2,1-2H3,(H,23,24)/t16-/m1/s1. The molecule has 3 N–H and O–H groups in total. The first-order valence-electron chi connectivity index (χ1n) is 8.12. The Labute approximate surface area is 163 Å². The molecule has 7 heteroatoms. The van der Waals surface area contributed by atoms with Gasteiger partial charge in [0.2, 0.25) is 5.91 Å². The van der Waals surface area contributed by atoms with Crippen molar-refractivity contribution in [3.63, 3.8) is 0 Å². The highest BCUT2D eigenvalue weighted by Gasteiger charge is 2.15. The second-order valence-corrected chi connectivity index (χ2v) is 6.62. The molecule has 0 aliphatic heterocycles. The SMILES string of the molecule is COc1ccc(CCNC(=O)[C@H](N)Cc2ccc(Cl)cc2Cl)cc1OC. The zero-order chi connectivity index (χ0) is 19.1. The third-order valence-corrected chi connectivity index (χ3v) is 4.54. The minimum Gasteiger partial charge on any atom is -0.493 e. The summed E-state index contributed by atoms with van der Waals surface area (Å²) < 4.78 is 10.5. The van der Waals surface area contributed by atoms with E-state index in [0.29, 0.717) is 40.9 Å². The van der Waals surface area contributed by atoms with Crippen molar-refractivity contribution >= 4 is 29.1 Å². The molecule has 2 aromatic carbocycles. The lowest BCUT2D eigenvalue weighted by Gasteiger charge is -2.14. The Morgan fingerprint density at radius 2 is 1.85 bits per heavy atom. The van der Waals surface area contributed by atoms with Gasteiger partial charge in [-0.05, 0) is 48.2 Å². The van der Waals surface area contributed by atoms with Gasteiger partial charge in [-0.3, -0.25) is 4.79 Å². The fourth-order valence-corrected chi connectivity index (χ4v) is 3.00. The van der Waals surface area contributed by atoms with Gasteiger partial charge in [0.05, 0.1) is 20.3 Å². The van der Waals surface area contributed by atoms with Gasteiger partial charge in [-0.25, -0.2) is 0 Å². The van der Waals surface area contributed by atoms with Crippen molar-refractivity contribution in [2.75, 3.05) is 20.8 Å². The molecular weight excluding hydrogens is 375 g/mol. The Bertz CT molecular complexity index is 768. The molecule has 0 radical (unpaired) electrons. The molecule has 0 aromatic heterocycles. The number of nitrogens with two attached hydrogens (primary N) is 1. The predicted octanol–water partition coefficient (Wildman–Crippen LogP) is 3.24. The number of carbonyl (C=O) groups is 1. The highest BCUT2D eigenvalue weighted by molar-refractivity contribution is 6.35. The van der Waals surface area contributed by atoms with Crippen LogP contribution < -0.4 is 20.5 Å². The average Bonchev–Trinajstić information content (AvgIpc) is 2.63. The molecule has 140 valence electrons. The summed E-state index contributed by atoms with van der Waals surface area (Å²) in [7, 11) is 3.18. The van der Waals surface area contributed by atoms with Crippen molar-refractivity contribution in [1.82, 2.24) is 5.32 Å². The topological polar surface area (TPSA) is 73.6 Å². The number of nitrogens with one attached hydrogen (secondary N) is 1. The lowest BCUT2D eigenvalue weighted by molar-refractivity contribution is -0.122. The van der Waals surface area contributed by atoms with E-state index in [0.717, 1.165) is 11.1 Å². The molecule has 0 saturated heterocycles. The fourth-order valence-electron chi connectivity index (χ4n) is 2.51. The van der Waals surface area contributed by atoms with Crippen molar-refractivity contribution in [2.45, 2.75) is 18.9 Å². The molecule has 0 aliphatic carbocycles. The maximum absolute atomic E-state index is 12.2. The minimum absolute atomic E-state index is 0.225. The zero-order valence-corrected chi connectivity index (χ0v) is 16.2. The summed E-state index contributed by atoms with van der Waals surface area (Å²) in [6.45, 7) is 0.469. The molecule has 1 atom stereocenters. The largest absolute Gasteiger partial charge is 0.493 e. The monoisotopic (exact) mass is 396 g/mol. The zero-order valence-electron chi connectivity index (χ0n) is 14.7. The van der Waals surface area contributed by atoms with E-state index in [-0.39, 0.29) is 5.91 Å². The Hall–Kier alpha value is -1.95. The van der Waals surface area contributed by atoms with Crippen LogP contribution in [0.4, 0.5) is 0 Å². The lowest BCUT2D eigenvalue weighted by Crippen LogP contribution is -2.42. The van der Waals surface area contributed by atoms with E-state index in [9.17, 15) is 4.79 Å². The van der Waals surface area contributed by atoms with E-state index >= 15 is 0 Å². The summed E-state index contributed by atoms with van der Waals surface area (Å²) >= 11 is 12.0. The van der Waals surface area contributed by atoms with Gasteiger partial charge in [-0.15, -0.1) is 0 Å². The molecular formula is C19H22Cl2N2O3. The second-order valence-electron chi connectivity index (χ2n) is 5.78. The number of benzene rings is 2. The Kier molecular flexibility index (Phi) is 7.57. The number of amides is 1. The van der Waals surface area contributed by atoms with Crippen molar-refractivity contribution < 1.29 is 14.3 Å². The molecule has 5 nitrogen and oxygen atoms in total. The summed E-state index contributed by atoms with van der Waals surface area (Å²) in [5.41, 5.74) is 7.79. The van der Waals surface area contributed by atoms with Gasteiger partial charge >= 0.3 is 0 Å². The number of rotatable bonds is 8. The predicted molar refractivity (Wildman–Crippen MR) is 104 cm³/mol. The first-order valence-corrected chi connectivity index (χ1v) is 8.88. The van der Waals surface area contributed by atoms with Crippen molar-refractivity contribution in [3.8, 4) is 11.5 Å². The molecule has 26 heavy (non-hydrogen) atoms. The van der Waals surface area contributed by atoms with Gasteiger partial charge in [0, 0.05) is 16.6 Å². The van der Waals surface area contributed by atoms with E-state index in [2.05, 4.69) is 5.32 Å². The van der Waals surface area contributed by atoms with Gasteiger partial charge < -0.3 is 20.5 Å². The van der Waals surface area contributed by atoms with Crippen molar-refractivity contribution in [2.24, 2.45) is 5.73 Å². The molecule has 0 fully saturated rings. The van der Waals surface area contributed by atoms with Crippen LogP contribution in [0.3, 0.4) is 0 Å². The van der Waals surface area contributed by atoms with Crippen LogP contribution in [0.25, 0.3) is 0 Å². The molecule has 0 bridgehead atoms. The van der Waals surface area contributed by atoms with Crippen LogP contribution in [0, 0.1) is 0 Å². The molecule has 2 aromatic rings. The van der Waals surface area contributed by atoms with Crippen LogP contribution in [0.15, 0.2) is 36.4 Å². The van der Waals surface area contributed by atoms with Crippen LogP contribution in [0.1, 0.15) is 11.1 Å². The van der Waals surface area contributed by atoms with Crippen molar-refractivity contribution in [1.29, 1.82) is 0 Å². The van der Waals surface area contributed by atoms with Gasteiger partial charge in [0.1, 0.15) is 0 Å². The number of ether oxygens (including phenoxy) is 2. The Morgan fingerprint density at radius 1 is 1.12 bits per heavy atom. The Morgan fingerprint density at radius 3 is 2.50 bits per heavy atom.